The van der Waals surface area contributed by atoms with Gasteiger partial charge < -0.3 is 34.5 Å². The van der Waals surface area contributed by atoms with Crippen molar-refractivity contribution < 1.29 is 48.0 Å². The molecule has 3 N–H and O–H groups in total. The summed E-state index contributed by atoms with van der Waals surface area (Å²) in [6.07, 6.45) is -2.82. The Kier molecular flexibility index (Phi) is 12.6. The molecule has 2 aromatic carbocycles. The van der Waals surface area contributed by atoms with E-state index in [1.54, 1.807) is 44.2 Å². The van der Waals surface area contributed by atoms with E-state index in [0.29, 0.717) is 11.1 Å². The average Bonchev–Trinajstić information content (AvgIpc) is 2.92. The summed E-state index contributed by atoms with van der Waals surface area (Å²) in [5, 5.41) is 9.79. The van der Waals surface area contributed by atoms with E-state index in [-0.39, 0.29) is 36.5 Å². The molecule has 11 heteroatoms. The molecule has 0 saturated carbocycles. The second kappa shape index (κ2) is 15.6. The van der Waals surface area contributed by atoms with Crippen molar-refractivity contribution in [1.29, 1.82) is 0 Å². The molecule has 0 spiro atoms. The molecule has 4 atom stereocenters. The van der Waals surface area contributed by atoms with Crippen LogP contribution in [0.2, 0.25) is 0 Å². The molecule has 2 rings (SSSR count). The van der Waals surface area contributed by atoms with Crippen LogP contribution in [0.5, 0.6) is 11.5 Å². The highest BCUT2D eigenvalue weighted by atomic mass is 16.7. The number of rotatable bonds is 13. The molecule has 0 aliphatic rings. The molecule has 41 heavy (non-hydrogen) atoms. The minimum atomic E-state index is -1.42. The van der Waals surface area contributed by atoms with Gasteiger partial charge in [-0.05, 0) is 48.6 Å². The zero-order valence-electron chi connectivity index (χ0n) is 24.2. The van der Waals surface area contributed by atoms with Gasteiger partial charge in [0.2, 0.25) is 0 Å². The lowest BCUT2D eigenvalue weighted by molar-refractivity contribution is -0.139. The number of ether oxygens (including phenoxy) is 5. The Labute approximate surface area is 239 Å². The van der Waals surface area contributed by atoms with Gasteiger partial charge in [0, 0.05) is 11.8 Å². The maximum absolute atomic E-state index is 12.6. The monoisotopic (exact) mass is 573 g/mol. The molecule has 0 aliphatic carbocycles. The first-order valence-corrected chi connectivity index (χ1v) is 13.4. The standard InChI is InChI=1S/C30H39NO10/c1-17(2)15-37-29(35)40-23-13-12-22(14-24(23)41-30(36)38-16-18(3)4)25(26(31)27(32)33)19(5)20(6)39-28(34)21-10-8-7-9-11-21/h7-14,17-20,25-26H,15-16,31H2,1-6H3,(H,32,33)/t19?,20?,25?,26-/m0/s1. The first-order chi connectivity index (χ1) is 19.3. The largest absolute Gasteiger partial charge is 0.513 e. The van der Waals surface area contributed by atoms with Gasteiger partial charge in [-0.15, -0.1) is 0 Å². The normalized spacial score (nSPS) is 14.0. The lowest BCUT2D eigenvalue weighted by Crippen LogP contribution is -2.42. The molecule has 2 aromatic rings. The highest BCUT2D eigenvalue weighted by molar-refractivity contribution is 5.89. The number of carboxylic acid groups (broad SMARTS) is 1. The van der Waals surface area contributed by atoms with Gasteiger partial charge in [0.1, 0.15) is 12.1 Å². The van der Waals surface area contributed by atoms with Gasteiger partial charge in [-0.1, -0.05) is 58.9 Å². The lowest BCUT2D eigenvalue weighted by Gasteiger charge is -2.31. The summed E-state index contributed by atoms with van der Waals surface area (Å²) in [4.78, 5) is 49.3. The summed E-state index contributed by atoms with van der Waals surface area (Å²) in [6.45, 7) is 10.9. The molecule has 0 heterocycles. The number of carbonyl (C=O) groups is 4. The SMILES string of the molecule is CC(C)COC(=O)Oc1ccc(C(C(C)C(C)OC(=O)c2ccccc2)[C@H](N)C(=O)O)cc1OC(=O)OCC(C)C. The summed E-state index contributed by atoms with van der Waals surface area (Å²) in [7, 11) is 0. The van der Waals surface area contributed by atoms with E-state index in [2.05, 4.69) is 0 Å². The highest BCUT2D eigenvalue weighted by Crippen LogP contribution is 2.37. The van der Waals surface area contributed by atoms with E-state index in [4.69, 9.17) is 29.4 Å². The highest BCUT2D eigenvalue weighted by Gasteiger charge is 2.36. The topological polar surface area (TPSA) is 161 Å². The molecule has 0 saturated heterocycles. The molecule has 0 fully saturated rings. The first-order valence-electron chi connectivity index (χ1n) is 13.4. The van der Waals surface area contributed by atoms with Crippen LogP contribution >= 0.6 is 0 Å². The molecule has 0 aromatic heterocycles. The maximum atomic E-state index is 12.6. The van der Waals surface area contributed by atoms with Crippen molar-refractivity contribution in [1.82, 2.24) is 0 Å². The Hall–Kier alpha value is -4.12. The maximum Gasteiger partial charge on any atom is 0.513 e. The van der Waals surface area contributed by atoms with Gasteiger partial charge in [0.15, 0.2) is 11.5 Å². The zero-order valence-corrected chi connectivity index (χ0v) is 24.2. The number of esters is 1. The summed E-state index contributed by atoms with van der Waals surface area (Å²) >= 11 is 0. The number of nitrogens with two attached hydrogens (primary N) is 1. The summed E-state index contributed by atoms with van der Waals surface area (Å²) in [5.74, 6) is -3.66. The van der Waals surface area contributed by atoms with Gasteiger partial charge in [-0.25, -0.2) is 14.4 Å². The van der Waals surface area contributed by atoms with Crippen LogP contribution in [0.25, 0.3) is 0 Å². The molecule has 224 valence electrons. The van der Waals surface area contributed by atoms with Crippen LogP contribution in [0.4, 0.5) is 9.59 Å². The van der Waals surface area contributed by atoms with Gasteiger partial charge in [-0.2, -0.15) is 0 Å². The molecule has 0 bridgehead atoms. The van der Waals surface area contributed by atoms with Crippen molar-refractivity contribution in [3.05, 3.63) is 59.7 Å². The molecule has 0 amide bonds. The van der Waals surface area contributed by atoms with E-state index in [1.165, 1.54) is 18.2 Å². The lowest BCUT2D eigenvalue weighted by atomic mass is 9.79. The van der Waals surface area contributed by atoms with Crippen LogP contribution < -0.4 is 15.2 Å². The van der Waals surface area contributed by atoms with Gasteiger partial charge in [0.05, 0.1) is 18.8 Å². The molecule has 3 unspecified atom stereocenters. The van der Waals surface area contributed by atoms with Gasteiger partial charge in [-0.3, -0.25) is 4.79 Å². The van der Waals surface area contributed by atoms with Crippen molar-refractivity contribution in [3.63, 3.8) is 0 Å². The van der Waals surface area contributed by atoms with E-state index in [9.17, 15) is 24.3 Å². The van der Waals surface area contributed by atoms with Crippen molar-refractivity contribution in [2.24, 2.45) is 23.5 Å². The molecular weight excluding hydrogens is 534 g/mol. The minimum Gasteiger partial charge on any atom is -0.480 e. The molecule has 0 radical (unpaired) electrons. The number of aliphatic carboxylic acids is 1. The van der Waals surface area contributed by atoms with Gasteiger partial charge >= 0.3 is 24.2 Å². The third kappa shape index (κ3) is 10.4. The number of carboxylic acids is 1. The molecule has 11 nitrogen and oxygen atoms in total. The summed E-state index contributed by atoms with van der Waals surface area (Å²) < 4.78 is 26.4. The minimum absolute atomic E-state index is 0.0366. The number of hydrogen-bond donors (Lipinski definition) is 2. The second-order valence-electron chi connectivity index (χ2n) is 10.5. The predicted molar refractivity (Wildman–Crippen MR) is 149 cm³/mol. The van der Waals surface area contributed by atoms with Crippen LogP contribution in [0.15, 0.2) is 48.5 Å². The smallest absolute Gasteiger partial charge is 0.480 e. The number of hydrogen-bond acceptors (Lipinski definition) is 10. The second-order valence-corrected chi connectivity index (χ2v) is 10.5. The van der Waals surface area contributed by atoms with Crippen LogP contribution in [0.1, 0.15) is 63.4 Å². The molecular formula is C30H39NO10. The van der Waals surface area contributed by atoms with Crippen LogP contribution in [-0.2, 0) is 19.0 Å². The first kappa shape index (κ1) is 33.1. The summed E-state index contributed by atoms with van der Waals surface area (Å²) in [5.41, 5.74) is 6.79. The van der Waals surface area contributed by atoms with E-state index < -0.39 is 48.2 Å². The Balaban J connectivity index is 2.42. The van der Waals surface area contributed by atoms with E-state index in [0.717, 1.165) is 0 Å². The quantitative estimate of drug-likeness (QED) is 0.179. The number of benzene rings is 2. The zero-order chi connectivity index (χ0) is 30.7. The van der Waals surface area contributed by atoms with E-state index in [1.807, 2.05) is 27.7 Å². The Bertz CT molecular complexity index is 1180. The third-order valence-corrected chi connectivity index (χ3v) is 6.09. The fourth-order valence-corrected chi connectivity index (χ4v) is 3.81. The van der Waals surface area contributed by atoms with Crippen molar-refractivity contribution in [3.8, 4) is 11.5 Å². The Morgan fingerprint density at radius 1 is 0.780 bits per heavy atom. The van der Waals surface area contributed by atoms with Gasteiger partial charge in [0.25, 0.3) is 0 Å². The fraction of sp³-hybridized carbons (Fsp3) is 0.467. The Morgan fingerprint density at radius 2 is 1.32 bits per heavy atom. The van der Waals surface area contributed by atoms with E-state index >= 15 is 0 Å². The Morgan fingerprint density at radius 3 is 1.83 bits per heavy atom. The molecule has 0 aliphatic heterocycles. The average molecular weight is 574 g/mol. The van der Waals surface area contributed by atoms with Crippen molar-refractivity contribution >= 4 is 24.2 Å². The third-order valence-electron chi connectivity index (χ3n) is 6.09. The van der Waals surface area contributed by atoms with Crippen molar-refractivity contribution in [2.45, 2.75) is 59.6 Å². The van der Waals surface area contributed by atoms with Crippen LogP contribution in [-0.4, -0.2) is 54.7 Å². The summed E-state index contributed by atoms with van der Waals surface area (Å²) in [6, 6.07) is 11.1. The number of carbonyl (C=O) groups excluding carboxylic acids is 3. The van der Waals surface area contributed by atoms with Crippen molar-refractivity contribution in [2.75, 3.05) is 13.2 Å². The predicted octanol–water partition coefficient (Wildman–Crippen LogP) is 5.41. The van der Waals surface area contributed by atoms with Crippen LogP contribution in [0, 0.1) is 17.8 Å². The fourth-order valence-electron chi connectivity index (χ4n) is 3.81. The van der Waals surface area contributed by atoms with Crippen LogP contribution in [0.3, 0.4) is 0 Å².